The first kappa shape index (κ1) is 27.6. The monoisotopic (exact) mass is 538 g/mol. The number of benzene rings is 3. The van der Waals surface area contributed by atoms with Gasteiger partial charge in [-0.05, 0) is 35.7 Å². The molecule has 0 saturated heterocycles. The summed E-state index contributed by atoms with van der Waals surface area (Å²) in [7, 11) is 0. The van der Waals surface area contributed by atoms with Crippen LogP contribution in [0, 0.1) is 6.92 Å². The zero-order valence-electron chi connectivity index (χ0n) is 20.1. The lowest BCUT2D eigenvalue weighted by Crippen LogP contribution is -2.55. The van der Waals surface area contributed by atoms with Gasteiger partial charge < -0.3 is 15.2 Å². The number of ether oxygens (including phenoxy) is 1. The van der Waals surface area contributed by atoms with Crippen LogP contribution in [0.2, 0.25) is 0 Å². The predicted octanol–water partition coefficient (Wildman–Crippen LogP) is 5.98. The molecule has 3 aromatic carbocycles. The number of halogens is 6. The number of carbonyl (C=O) groups is 1. The van der Waals surface area contributed by atoms with Crippen LogP contribution in [0.5, 0.6) is 0 Å². The molecule has 0 aliphatic carbocycles. The van der Waals surface area contributed by atoms with Crippen molar-refractivity contribution in [3.05, 3.63) is 101 Å². The number of carbonyl (C=O) groups excluding carboxylic acids is 1. The molecule has 2 N–H and O–H groups in total. The molecular formula is C27H24F6N2O3. The molecule has 38 heavy (non-hydrogen) atoms. The van der Waals surface area contributed by atoms with E-state index in [4.69, 9.17) is 0 Å². The van der Waals surface area contributed by atoms with Crippen LogP contribution in [0.3, 0.4) is 0 Å². The third-order valence-electron chi connectivity index (χ3n) is 6.42. The van der Waals surface area contributed by atoms with Gasteiger partial charge in [0.1, 0.15) is 6.04 Å². The summed E-state index contributed by atoms with van der Waals surface area (Å²) < 4.78 is 89.1. The van der Waals surface area contributed by atoms with Crippen molar-refractivity contribution in [3.63, 3.8) is 0 Å². The second-order valence-electron chi connectivity index (χ2n) is 9.01. The number of hydrogen-bond acceptors (Lipinski definition) is 4. The van der Waals surface area contributed by atoms with E-state index in [9.17, 15) is 36.2 Å². The number of amides is 1. The van der Waals surface area contributed by atoms with E-state index in [1.807, 2.05) is 13.0 Å². The number of hydrogen-bond donors (Lipinski definition) is 2. The van der Waals surface area contributed by atoms with Gasteiger partial charge in [0.05, 0.1) is 13.3 Å². The van der Waals surface area contributed by atoms with Crippen LogP contribution in [0.1, 0.15) is 33.9 Å². The summed E-state index contributed by atoms with van der Waals surface area (Å²) in [5.74, 6) is -0.590. The number of fused-ring (bicyclic) bond motifs is 1. The highest BCUT2D eigenvalue weighted by molar-refractivity contribution is 5.96. The lowest BCUT2D eigenvalue weighted by Gasteiger charge is -2.37. The van der Waals surface area contributed by atoms with Gasteiger partial charge in [-0.15, -0.1) is 0 Å². The second-order valence-corrected chi connectivity index (χ2v) is 9.01. The van der Waals surface area contributed by atoms with Crippen molar-refractivity contribution < 1.29 is 41.0 Å². The van der Waals surface area contributed by atoms with E-state index in [-0.39, 0.29) is 11.3 Å². The van der Waals surface area contributed by atoms with Crippen molar-refractivity contribution >= 4 is 11.6 Å². The van der Waals surface area contributed by atoms with Gasteiger partial charge in [-0.2, -0.15) is 26.3 Å². The number of anilines is 1. The van der Waals surface area contributed by atoms with E-state index in [0.717, 1.165) is 23.3 Å². The van der Waals surface area contributed by atoms with E-state index in [2.05, 4.69) is 10.1 Å². The molecule has 4 rings (SSSR count). The van der Waals surface area contributed by atoms with Crippen LogP contribution in [-0.2, 0) is 28.3 Å². The number of alkyl halides is 6. The summed E-state index contributed by atoms with van der Waals surface area (Å²) in [6, 6.07) is 15.0. The summed E-state index contributed by atoms with van der Waals surface area (Å²) in [5.41, 5.74) is -3.19. The minimum absolute atomic E-state index is 0.0153. The Morgan fingerprint density at radius 3 is 2.18 bits per heavy atom. The zero-order valence-corrected chi connectivity index (χ0v) is 20.1. The molecule has 1 amide bonds. The zero-order chi connectivity index (χ0) is 27.7. The number of rotatable bonds is 7. The van der Waals surface area contributed by atoms with Crippen molar-refractivity contribution in [1.29, 1.82) is 0 Å². The van der Waals surface area contributed by atoms with Crippen molar-refractivity contribution in [1.82, 2.24) is 4.90 Å². The van der Waals surface area contributed by atoms with Crippen LogP contribution < -0.4 is 5.32 Å². The van der Waals surface area contributed by atoms with E-state index in [1.54, 1.807) is 18.2 Å². The summed E-state index contributed by atoms with van der Waals surface area (Å²) in [5, 5.41) is 12.2. The molecule has 0 aromatic heterocycles. The summed E-state index contributed by atoms with van der Waals surface area (Å²) >= 11 is 0. The Morgan fingerprint density at radius 1 is 0.974 bits per heavy atom. The highest BCUT2D eigenvalue weighted by atomic mass is 19.4. The largest absolute Gasteiger partial charge is 0.430 e. The predicted molar refractivity (Wildman–Crippen MR) is 127 cm³/mol. The standard InChI is InChI=1S/C27H24F6N2O3/c1-17-7-12-22-19(13-17)14-35(16-36)23(22)24(37)34-21-10-8-20(9-11-21)25(26(28,29)30,27(31,32)33)38-15-18-5-3-2-4-6-18/h2-13,23,36H,14-16H2,1H3,(H,34,37). The van der Waals surface area contributed by atoms with Gasteiger partial charge in [0.25, 0.3) is 5.60 Å². The van der Waals surface area contributed by atoms with Gasteiger partial charge in [-0.1, -0.05) is 66.2 Å². The maximum absolute atomic E-state index is 14.1. The Balaban J connectivity index is 1.61. The third-order valence-corrected chi connectivity index (χ3v) is 6.42. The maximum atomic E-state index is 14.1. The Kier molecular flexibility index (Phi) is 7.55. The topological polar surface area (TPSA) is 61.8 Å². The van der Waals surface area contributed by atoms with Crippen LogP contribution in [0.4, 0.5) is 32.0 Å². The third kappa shape index (κ3) is 5.13. The molecule has 1 aliphatic rings. The molecular weight excluding hydrogens is 514 g/mol. The molecule has 202 valence electrons. The first-order chi connectivity index (χ1) is 17.9. The van der Waals surface area contributed by atoms with Crippen LogP contribution >= 0.6 is 0 Å². The van der Waals surface area contributed by atoms with E-state index in [0.29, 0.717) is 24.2 Å². The minimum Gasteiger partial charge on any atom is -0.381 e. The van der Waals surface area contributed by atoms with Gasteiger partial charge in [-0.25, -0.2) is 0 Å². The molecule has 1 atom stereocenters. The fourth-order valence-corrected chi connectivity index (χ4v) is 4.58. The average Bonchev–Trinajstić information content (AvgIpc) is 3.22. The lowest BCUT2D eigenvalue weighted by molar-refractivity contribution is -0.392. The summed E-state index contributed by atoms with van der Waals surface area (Å²) in [4.78, 5) is 14.5. The van der Waals surface area contributed by atoms with Gasteiger partial charge in [0.15, 0.2) is 0 Å². The fraction of sp³-hybridized carbons (Fsp3) is 0.296. The highest BCUT2D eigenvalue weighted by Crippen LogP contribution is 2.53. The molecule has 3 aromatic rings. The van der Waals surface area contributed by atoms with E-state index < -0.39 is 48.8 Å². The molecule has 1 aliphatic heterocycles. The molecule has 0 radical (unpaired) electrons. The molecule has 1 heterocycles. The normalized spacial score (nSPS) is 16.4. The molecule has 0 fully saturated rings. The van der Waals surface area contributed by atoms with Crippen molar-refractivity contribution in [2.45, 2.75) is 44.1 Å². The van der Waals surface area contributed by atoms with Crippen molar-refractivity contribution in [3.8, 4) is 0 Å². The fourth-order valence-electron chi connectivity index (χ4n) is 4.58. The number of nitrogens with zero attached hydrogens (tertiary/aromatic N) is 1. The van der Waals surface area contributed by atoms with Crippen LogP contribution in [-0.4, -0.2) is 35.0 Å². The lowest BCUT2D eigenvalue weighted by atomic mass is 9.91. The molecule has 11 heteroatoms. The first-order valence-electron chi connectivity index (χ1n) is 11.5. The SMILES string of the molecule is Cc1ccc2c(c1)CN(CO)C2C(=O)Nc1ccc(C(OCc2ccccc2)(C(F)(F)F)C(F)(F)F)cc1. The van der Waals surface area contributed by atoms with Crippen molar-refractivity contribution in [2.24, 2.45) is 0 Å². The quantitative estimate of drug-likeness (QED) is 0.364. The van der Waals surface area contributed by atoms with Crippen LogP contribution in [0.25, 0.3) is 0 Å². The Labute approximate surface area is 214 Å². The number of nitrogens with one attached hydrogen (secondary N) is 1. The summed E-state index contributed by atoms with van der Waals surface area (Å²) in [6.07, 6.45) is -11.7. The van der Waals surface area contributed by atoms with E-state index in [1.165, 1.54) is 29.2 Å². The summed E-state index contributed by atoms with van der Waals surface area (Å²) in [6.45, 7) is 0.825. The maximum Gasteiger partial charge on any atom is 0.430 e. The Hall–Kier alpha value is -3.41. The van der Waals surface area contributed by atoms with Gasteiger partial charge >= 0.3 is 12.4 Å². The Bertz CT molecular complexity index is 1260. The number of aliphatic hydroxyl groups excluding tert-OH is 1. The molecule has 0 saturated carbocycles. The van der Waals surface area contributed by atoms with Gasteiger partial charge in [-0.3, -0.25) is 9.69 Å². The number of aliphatic hydroxyl groups is 1. The first-order valence-corrected chi connectivity index (χ1v) is 11.5. The molecule has 1 unspecified atom stereocenters. The molecule has 5 nitrogen and oxygen atoms in total. The molecule has 0 bridgehead atoms. The van der Waals surface area contributed by atoms with Gasteiger partial charge in [0.2, 0.25) is 5.91 Å². The number of aryl methyl sites for hydroxylation is 1. The van der Waals surface area contributed by atoms with Gasteiger partial charge in [0, 0.05) is 17.8 Å². The van der Waals surface area contributed by atoms with Crippen molar-refractivity contribution in [2.75, 3.05) is 12.0 Å². The smallest absolute Gasteiger partial charge is 0.381 e. The average molecular weight is 538 g/mol. The minimum atomic E-state index is -5.84. The second kappa shape index (κ2) is 10.4. The molecule has 0 spiro atoms. The highest BCUT2D eigenvalue weighted by Gasteiger charge is 2.73. The van der Waals surface area contributed by atoms with E-state index >= 15 is 0 Å². The van der Waals surface area contributed by atoms with Crippen LogP contribution in [0.15, 0.2) is 72.8 Å². The Morgan fingerprint density at radius 2 is 1.61 bits per heavy atom.